The number of ketones is 1. The van der Waals surface area contributed by atoms with Gasteiger partial charge in [-0.3, -0.25) is 4.79 Å². The molecule has 0 amide bonds. The molecule has 0 saturated heterocycles. The molecule has 0 spiro atoms. The van der Waals surface area contributed by atoms with Crippen LogP contribution in [0.3, 0.4) is 0 Å². The molecule has 0 aliphatic carbocycles. The highest BCUT2D eigenvalue weighted by atomic mass is 32.1. The summed E-state index contributed by atoms with van der Waals surface area (Å²) in [5.41, 5.74) is 8.10. The average molecular weight is 404 g/mol. The summed E-state index contributed by atoms with van der Waals surface area (Å²) in [5, 5.41) is 2.04. The number of thiazole rings is 1. The quantitative estimate of drug-likeness (QED) is 0.340. The molecule has 4 rings (SSSR count). The van der Waals surface area contributed by atoms with Gasteiger partial charge in [0.1, 0.15) is 5.69 Å². The number of imidazole rings is 1. The molecule has 0 N–H and O–H groups in total. The summed E-state index contributed by atoms with van der Waals surface area (Å²) in [6.07, 6.45) is 2.25. The van der Waals surface area contributed by atoms with Crippen LogP contribution in [0.15, 0.2) is 53.4 Å². The maximum atomic E-state index is 11.6. The number of Topliss-reactive ketones (excluding diaryl/α,β-unsaturated/α-hetero) is 1. The summed E-state index contributed by atoms with van der Waals surface area (Å²) in [5.74, 6) is 1.53. The van der Waals surface area contributed by atoms with Gasteiger partial charge in [0.05, 0.1) is 16.5 Å². The third kappa shape index (κ3) is 3.87. The van der Waals surface area contributed by atoms with E-state index >= 15 is 0 Å². The van der Waals surface area contributed by atoms with Crippen molar-refractivity contribution in [3.05, 3.63) is 70.0 Å². The fraction of sp³-hybridized carbons (Fsp3) is 0.292. The number of hydrogen-bond donors (Lipinski definition) is 0. The van der Waals surface area contributed by atoms with Crippen LogP contribution in [0.4, 0.5) is 0 Å². The smallest absolute Gasteiger partial charge is 0.160 e. The van der Waals surface area contributed by atoms with E-state index in [0.29, 0.717) is 12.5 Å². The number of carbonyl (C=O) groups is 1. The number of hydrogen-bond acceptors (Lipinski definition) is 4. The maximum Gasteiger partial charge on any atom is 0.160 e. The standard InChI is InChI=1S/C24H25N3OS/c1-4-18(5-2)20-10-11-21-23(12-20)27(24(26-21)22-14-29-15-25-22)13-17-6-8-19(9-7-17)16(3)28/h6-12,14-15,18H,4-5,13H2,1-3H3. The molecule has 2 aromatic heterocycles. The van der Waals surface area contributed by atoms with Crippen molar-refractivity contribution in [3.8, 4) is 11.5 Å². The van der Waals surface area contributed by atoms with Gasteiger partial charge >= 0.3 is 0 Å². The lowest BCUT2D eigenvalue weighted by atomic mass is 9.94. The highest BCUT2D eigenvalue weighted by Gasteiger charge is 2.17. The number of carbonyl (C=O) groups excluding carboxylic acids is 1. The summed E-state index contributed by atoms with van der Waals surface area (Å²) >= 11 is 1.58. The lowest BCUT2D eigenvalue weighted by molar-refractivity contribution is 0.101. The van der Waals surface area contributed by atoms with Gasteiger partial charge in [-0.2, -0.15) is 0 Å². The number of rotatable bonds is 7. The average Bonchev–Trinajstić information content (AvgIpc) is 3.38. The van der Waals surface area contributed by atoms with Crippen molar-refractivity contribution in [3.63, 3.8) is 0 Å². The minimum absolute atomic E-state index is 0.0857. The fourth-order valence-corrected chi connectivity index (χ4v) is 4.39. The van der Waals surface area contributed by atoms with Crippen LogP contribution in [-0.2, 0) is 6.54 Å². The Morgan fingerprint density at radius 1 is 1.10 bits per heavy atom. The molecular weight excluding hydrogens is 378 g/mol. The Morgan fingerprint density at radius 3 is 2.48 bits per heavy atom. The molecule has 0 radical (unpaired) electrons. The van der Waals surface area contributed by atoms with Crippen LogP contribution in [0, 0.1) is 0 Å². The first-order valence-electron chi connectivity index (χ1n) is 10.1. The summed E-state index contributed by atoms with van der Waals surface area (Å²) in [4.78, 5) is 21.0. The summed E-state index contributed by atoms with van der Waals surface area (Å²) in [6.45, 7) is 6.77. The summed E-state index contributed by atoms with van der Waals surface area (Å²) < 4.78 is 2.25. The second kappa shape index (κ2) is 8.29. The Kier molecular flexibility index (Phi) is 5.58. The van der Waals surface area contributed by atoms with Gasteiger partial charge in [0.25, 0.3) is 0 Å². The number of nitrogens with zero attached hydrogens (tertiary/aromatic N) is 3. The minimum atomic E-state index is 0.0857. The molecular formula is C24H25N3OS. The Morgan fingerprint density at radius 2 is 1.86 bits per heavy atom. The Hall–Kier alpha value is -2.79. The molecule has 2 heterocycles. The predicted molar refractivity (Wildman–Crippen MR) is 120 cm³/mol. The maximum absolute atomic E-state index is 11.6. The van der Waals surface area contributed by atoms with Gasteiger partial charge in [0.15, 0.2) is 11.6 Å². The molecule has 0 aliphatic heterocycles. The van der Waals surface area contributed by atoms with Crippen LogP contribution in [-0.4, -0.2) is 20.3 Å². The molecule has 148 valence electrons. The van der Waals surface area contributed by atoms with Crippen molar-refractivity contribution in [2.24, 2.45) is 0 Å². The Balaban J connectivity index is 1.82. The van der Waals surface area contributed by atoms with Crippen LogP contribution < -0.4 is 0 Å². The van der Waals surface area contributed by atoms with Crippen molar-refractivity contribution < 1.29 is 4.79 Å². The van der Waals surface area contributed by atoms with Gasteiger partial charge in [0, 0.05) is 17.5 Å². The van der Waals surface area contributed by atoms with Gasteiger partial charge < -0.3 is 4.57 Å². The molecule has 2 aromatic carbocycles. The van der Waals surface area contributed by atoms with E-state index in [4.69, 9.17) is 4.98 Å². The van der Waals surface area contributed by atoms with Crippen LogP contribution in [0.1, 0.15) is 61.0 Å². The third-order valence-electron chi connectivity index (χ3n) is 5.59. The fourth-order valence-electron chi connectivity index (χ4n) is 3.86. The van der Waals surface area contributed by atoms with Gasteiger partial charge in [-0.1, -0.05) is 44.2 Å². The van der Waals surface area contributed by atoms with E-state index in [-0.39, 0.29) is 5.78 Å². The second-order valence-electron chi connectivity index (χ2n) is 7.41. The van der Waals surface area contributed by atoms with Crippen molar-refractivity contribution in [2.45, 2.75) is 46.1 Å². The van der Waals surface area contributed by atoms with E-state index < -0.39 is 0 Å². The van der Waals surface area contributed by atoms with Crippen LogP contribution in [0.5, 0.6) is 0 Å². The highest BCUT2D eigenvalue weighted by Crippen LogP contribution is 2.30. The molecule has 4 aromatic rings. The zero-order valence-electron chi connectivity index (χ0n) is 17.1. The SMILES string of the molecule is CCC(CC)c1ccc2nc(-c3cscn3)n(Cc3ccc(C(C)=O)cc3)c2c1. The van der Waals surface area contributed by atoms with Crippen molar-refractivity contribution >= 4 is 28.2 Å². The first-order valence-corrected chi connectivity index (χ1v) is 11.0. The molecule has 29 heavy (non-hydrogen) atoms. The van der Waals surface area contributed by atoms with Crippen molar-refractivity contribution in [1.29, 1.82) is 0 Å². The normalized spacial score (nSPS) is 11.4. The van der Waals surface area contributed by atoms with Gasteiger partial charge in [-0.25, -0.2) is 9.97 Å². The van der Waals surface area contributed by atoms with E-state index in [1.165, 1.54) is 5.56 Å². The molecule has 0 atom stereocenters. The zero-order valence-corrected chi connectivity index (χ0v) is 17.9. The van der Waals surface area contributed by atoms with Crippen molar-refractivity contribution in [2.75, 3.05) is 0 Å². The van der Waals surface area contributed by atoms with E-state index in [9.17, 15) is 4.79 Å². The lowest BCUT2D eigenvalue weighted by Crippen LogP contribution is -2.04. The molecule has 0 unspecified atom stereocenters. The van der Waals surface area contributed by atoms with Crippen LogP contribution in [0.2, 0.25) is 0 Å². The van der Waals surface area contributed by atoms with Crippen LogP contribution >= 0.6 is 11.3 Å². The topological polar surface area (TPSA) is 47.8 Å². The minimum Gasteiger partial charge on any atom is -0.318 e. The second-order valence-corrected chi connectivity index (χ2v) is 8.13. The van der Waals surface area contributed by atoms with Gasteiger partial charge in [0.2, 0.25) is 0 Å². The predicted octanol–water partition coefficient (Wildman–Crippen LogP) is 6.31. The van der Waals surface area contributed by atoms with Crippen molar-refractivity contribution in [1.82, 2.24) is 14.5 Å². The molecule has 5 heteroatoms. The Labute approximate surface area is 175 Å². The first kappa shape index (κ1) is 19.5. The van der Waals surface area contributed by atoms with Gasteiger partial charge in [-0.05, 0) is 48.9 Å². The first-order chi connectivity index (χ1) is 14.1. The number of benzene rings is 2. The third-order valence-corrected chi connectivity index (χ3v) is 6.18. The summed E-state index contributed by atoms with van der Waals surface area (Å²) in [6, 6.07) is 14.5. The lowest BCUT2D eigenvalue weighted by Gasteiger charge is -2.14. The van der Waals surface area contributed by atoms with E-state index in [2.05, 4.69) is 41.6 Å². The van der Waals surface area contributed by atoms with E-state index in [0.717, 1.165) is 46.5 Å². The number of fused-ring (bicyclic) bond motifs is 1. The molecule has 0 saturated carbocycles. The summed E-state index contributed by atoms with van der Waals surface area (Å²) in [7, 11) is 0. The van der Waals surface area contributed by atoms with E-state index in [1.807, 2.05) is 35.2 Å². The number of aromatic nitrogens is 3. The highest BCUT2D eigenvalue weighted by molar-refractivity contribution is 7.07. The van der Waals surface area contributed by atoms with E-state index in [1.54, 1.807) is 18.3 Å². The molecule has 0 bridgehead atoms. The Bertz CT molecular complexity index is 1120. The molecule has 4 nitrogen and oxygen atoms in total. The largest absolute Gasteiger partial charge is 0.318 e. The van der Waals surface area contributed by atoms with Crippen LogP contribution in [0.25, 0.3) is 22.6 Å². The monoisotopic (exact) mass is 403 g/mol. The zero-order chi connectivity index (χ0) is 20.4. The molecule has 0 fully saturated rings. The molecule has 0 aliphatic rings. The van der Waals surface area contributed by atoms with Gasteiger partial charge in [-0.15, -0.1) is 11.3 Å².